The molecule has 0 saturated carbocycles. The molecule has 2 aliphatic rings. The van der Waals surface area contributed by atoms with Crippen molar-refractivity contribution in [2.75, 3.05) is 58.6 Å². The molecule has 0 radical (unpaired) electrons. The van der Waals surface area contributed by atoms with Crippen molar-refractivity contribution >= 4 is 11.6 Å². The zero-order valence-electron chi connectivity index (χ0n) is 30.2. The number of H-pyrrole nitrogens is 1. The van der Waals surface area contributed by atoms with Gasteiger partial charge in [0.2, 0.25) is 11.7 Å². The Kier molecular flexibility index (Phi) is 14.5. The standard InChI is InChI=1S/C34H46N8O12/c1-49-15-4-13-39-14-16-51-31-12-7-23(17-29(31)39)21-52-32-20-40(33(44)6-3-5-27(54-42(47)48)22-53-41(45)46)25(19-30(43)34-35-37-38-36-34)18-28(32)24-8-10-26(50-2)11-9-24/h7-12,17,25,27-28,30,32,43H,3-6,13-16,18-22H2,1-2H3,(H,35,36,37,38). The molecule has 1 fully saturated rings. The van der Waals surface area contributed by atoms with Gasteiger partial charge in [-0.05, 0) is 61.1 Å². The number of benzene rings is 2. The highest BCUT2D eigenvalue weighted by atomic mass is 17.0. The summed E-state index contributed by atoms with van der Waals surface area (Å²) in [6.07, 6.45) is -1.50. The van der Waals surface area contributed by atoms with E-state index in [1.165, 1.54) is 0 Å². The van der Waals surface area contributed by atoms with E-state index in [1.807, 2.05) is 36.4 Å². The second-order valence-corrected chi connectivity index (χ2v) is 13.0. The van der Waals surface area contributed by atoms with Crippen molar-refractivity contribution in [2.24, 2.45) is 0 Å². The molecule has 5 rings (SSSR count). The number of carbonyl (C=O) groups is 1. The molecule has 0 aliphatic carbocycles. The van der Waals surface area contributed by atoms with Gasteiger partial charge in [0.15, 0.2) is 0 Å². The summed E-state index contributed by atoms with van der Waals surface area (Å²) in [4.78, 5) is 48.4. The first-order valence-corrected chi connectivity index (χ1v) is 17.7. The predicted octanol–water partition coefficient (Wildman–Crippen LogP) is 2.79. The van der Waals surface area contributed by atoms with Crippen LogP contribution in [0.4, 0.5) is 5.69 Å². The number of carbonyl (C=O) groups excluding carboxylic acids is 1. The van der Waals surface area contributed by atoms with Crippen LogP contribution in [0.1, 0.15) is 67.5 Å². The fraction of sp³-hybridized carbons (Fsp3) is 0.588. The number of tetrazole rings is 1. The van der Waals surface area contributed by atoms with Crippen molar-refractivity contribution in [1.82, 2.24) is 25.5 Å². The zero-order chi connectivity index (χ0) is 38.5. The Bertz CT molecular complexity index is 1650. The molecule has 3 heterocycles. The number of amides is 1. The van der Waals surface area contributed by atoms with Crippen molar-refractivity contribution in [2.45, 2.75) is 75.4 Å². The van der Waals surface area contributed by atoms with Crippen molar-refractivity contribution in [1.29, 1.82) is 0 Å². The molecule has 5 unspecified atom stereocenters. The molecule has 0 bridgehead atoms. The van der Waals surface area contributed by atoms with E-state index in [1.54, 1.807) is 19.1 Å². The Morgan fingerprint density at radius 2 is 1.94 bits per heavy atom. The minimum Gasteiger partial charge on any atom is -0.497 e. The summed E-state index contributed by atoms with van der Waals surface area (Å²) < 4.78 is 23.2. The molecule has 3 aromatic rings. The fourth-order valence-electron chi connectivity index (χ4n) is 6.92. The van der Waals surface area contributed by atoms with E-state index >= 15 is 0 Å². The number of aliphatic hydroxyl groups is 1. The number of nitrogens with zero attached hydrogens (tertiary/aromatic N) is 7. The largest absolute Gasteiger partial charge is 0.497 e. The van der Waals surface area contributed by atoms with Crippen LogP contribution < -0.4 is 14.4 Å². The molecule has 1 amide bonds. The lowest BCUT2D eigenvalue weighted by molar-refractivity contribution is -0.790. The second-order valence-electron chi connectivity index (χ2n) is 13.0. The van der Waals surface area contributed by atoms with Crippen LogP contribution in [0.3, 0.4) is 0 Å². The summed E-state index contributed by atoms with van der Waals surface area (Å²) in [6, 6.07) is 13.1. The Labute approximate surface area is 310 Å². The van der Waals surface area contributed by atoms with Gasteiger partial charge in [-0.15, -0.1) is 30.4 Å². The van der Waals surface area contributed by atoms with Gasteiger partial charge in [-0.3, -0.25) is 4.79 Å². The topological polar surface area (TPSA) is 240 Å². The number of likely N-dealkylation sites (tertiary alicyclic amines) is 1. The number of hydrogen-bond donors (Lipinski definition) is 2. The second kappa shape index (κ2) is 19.7. The van der Waals surface area contributed by atoms with Crippen LogP contribution >= 0.6 is 0 Å². The van der Waals surface area contributed by atoms with Crippen LogP contribution in [0.5, 0.6) is 11.5 Å². The lowest BCUT2D eigenvalue weighted by Gasteiger charge is -2.45. The van der Waals surface area contributed by atoms with E-state index in [9.17, 15) is 30.1 Å². The van der Waals surface area contributed by atoms with Gasteiger partial charge in [0.25, 0.3) is 10.2 Å². The normalized spacial score (nSPS) is 19.3. The van der Waals surface area contributed by atoms with Gasteiger partial charge in [0, 0.05) is 51.6 Å². The first-order valence-electron chi connectivity index (χ1n) is 17.7. The molecule has 5 atom stereocenters. The molecule has 1 aromatic heterocycles. The number of fused-ring (bicyclic) bond motifs is 1. The first-order chi connectivity index (χ1) is 26.1. The maximum atomic E-state index is 14.0. The molecule has 2 aliphatic heterocycles. The third-order valence-corrected chi connectivity index (χ3v) is 9.55. The van der Waals surface area contributed by atoms with Crippen LogP contribution in [0.2, 0.25) is 0 Å². The highest BCUT2D eigenvalue weighted by molar-refractivity contribution is 5.76. The van der Waals surface area contributed by atoms with Crippen LogP contribution in [-0.4, -0.2) is 119 Å². The monoisotopic (exact) mass is 758 g/mol. The van der Waals surface area contributed by atoms with Crippen LogP contribution in [0.15, 0.2) is 42.5 Å². The van der Waals surface area contributed by atoms with Gasteiger partial charge < -0.3 is 43.5 Å². The maximum absolute atomic E-state index is 14.0. The number of nitrogens with one attached hydrogen (secondary N) is 1. The molecular formula is C34H46N8O12. The van der Waals surface area contributed by atoms with Gasteiger partial charge >= 0.3 is 0 Å². The summed E-state index contributed by atoms with van der Waals surface area (Å²) in [6.45, 7) is 2.54. The molecule has 0 spiro atoms. The molecule has 2 N–H and O–H groups in total. The van der Waals surface area contributed by atoms with E-state index in [-0.39, 0.29) is 56.5 Å². The highest BCUT2D eigenvalue weighted by Gasteiger charge is 2.40. The minimum atomic E-state index is -1.25. The third-order valence-electron chi connectivity index (χ3n) is 9.55. The highest BCUT2D eigenvalue weighted by Crippen LogP contribution is 2.39. The number of hydrogen-bond acceptors (Lipinski definition) is 16. The number of ether oxygens (including phenoxy) is 4. The molecule has 20 heteroatoms. The van der Waals surface area contributed by atoms with Crippen LogP contribution in [0, 0.1) is 20.2 Å². The summed E-state index contributed by atoms with van der Waals surface area (Å²) in [5, 5.41) is 44.4. The smallest absolute Gasteiger partial charge is 0.294 e. The quantitative estimate of drug-likeness (QED) is 0.0902. The number of aromatic nitrogens is 4. The molecule has 1 saturated heterocycles. The number of anilines is 1. The molecule has 20 nitrogen and oxygen atoms in total. The predicted molar refractivity (Wildman–Crippen MR) is 187 cm³/mol. The number of aromatic amines is 1. The molecule has 294 valence electrons. The van der Waals surface area contributed by atoms with Crippen LogP contribution in [-0.2, 0) is 30.6 Å². The van der Waals surface area contributed by atoms with E-state index in [0.29, 0.717) is 25.4 Å². The molecular weight excluding hydrogens is 712 g/mol. The average molecular weight is 759 g/mol. The zero-order valence-corrected chi connectivity index (χ0v) is 30.2. The van der Waals surface area contributed by atoms with Gasteiger partial charge in [0.05, 0.1) is 32.1 Å². The van der Waals surface area contributed by atoms with Crippen molar-refractivity contribution in [3.63, 3.8) is 0 Å². The van der Waals surface area contributed by atoms with E-state index in [2.05, 4.69) is 41.3 Å². The Morgan fingerprint density at radius 3 is 2.65 bits per heavy atom. The summed E-state index contributed by atoms with van der Waals surface area (Å²) >= 11 is 0. The lowest BCUT2D eigenvalue weighted by atomic mass is 9.81. The Balaban J connectivity index is 1.37. The van der Waals surface area contributed by atoms with Crippen molar-refractivity contribution < 1.29 is 48.7 Å². The number of methoxy groups -OCH3 is 2. The fourth-order valence-corrected chi connectivity index (χ4v) is 6.92. The summed E-state index contributed by atoms with van der Waals surface area (Å²) in [7, 11) is 3.27. The number of rotatable bonds is 21. The Hall–Kier alpha value is -5.34. The summed E-state index contributed by atoms with van der Waals surface area (Å²) in [5.74, 6) is 1.06. The number of piperidine rings is 1. The first kappa shape index (κ1) is 39.9. The molecule has 54 heavy (non-hydrogen) atoms. The average Bonchev–Trinajstić information content (AvgIpc) is 3.72. The van der Waals surface area contributed by atoms with E-state index in [0.717, 1.165) is 42.1 Å². The third kappa shape index (κ3) is 11.1. The lowest BCUT2D eigenvalue weighted by Crippen LogP contribution is -2.53. The van der Waals surface area contributed by atoms with Crippen molar-refractivity contribution in [3.05, 3.63) is 79.6 Å². The van der Waals surface area contributed by atoms with Gasteiger partial charge in [-0.1, -0.05) is 23.4 Å². The molecule has 2 aromatic carbocycles. The summed E-state index contributed by atoms with van der Waals surface area (Å²) in [5.41, 5.74) is 2.86. The maximum Gasteiger partial charge on any atom is 0.294 e. The van der Waals surface area contributed by atoms with Crippen LogP contribution in [0.25, 0.3) is 0 Å². The number of aliphatic hydroxyl groups excluding tert-OH is 1. The van der Waals surface area contributed by atoms with Gasteiger partial charge in [-0.2, -0.15) is 5.21 Å². The van der Waals surface area contributed by atoms with E-state index in [4.69, 9.17) is 18.9 Å². The van der Waals surface area contributed by atoms with Gasteiger partial charge in [-0.25, -0.2) is 0 Å². The van der Waals surface area contributed by atoms with Gasteiger partial charge in [0.1, 0.15) is 36.9 Å². The SMILES string of the molecule is COCCCN1CCOc2ccc(COC3CN(C(=O)CCCC(CO[N+](=O)[O-])O[N+](=O)[O-])C(CC(O)c4nn[nH]n4)CC3c3ccc(OC)cc3)cc21. The van der Waals surface area contributed by atoms with E-state index < -0.39 is 41.1 Å². The Morgan fingerprint density at radius 1 is 1.13 bits per heavy atom. The minimum absolute atomic E-state index is 0.0521. The van der Waals surface area contributed by atoms with Crippen molar-refractivity contribution in [3.8, 4) is 11.5 Å².